The molecule has 0 saturated heterocycles. The van der Waals surface area contributed by atoms with Gasteiger partial charge in [0.25, 0.3) is 0 Å². The predicted octanol–water partition coefficient (Wildman–Crippen LogP) is 3.93. The summed E-state index contributed by atoms with van der Waals surface area (Å²) in [5.74, 6) is 0.717. The molecule has 1 aliphatic rings. The number of rotatable bonds is 5. The highest BCUT2D eigenvalue weighted by Crippen LogP contribution is 2.57. The second kappa shape index (κ2) is 4.77. The first-order valence-corrected chi connectivity index (χ1v) is 6.49. The third-order valence-corrected chi connectivity index (χ3v) is 3.41. The molecule has 1 rings (SSSR count). The lowest BCUT2D eigenvalue weighted by Crippen LogP contribution is -2.25. The van der Waals surface area contributed by atoms with E-state index in [-0.39, 0.29) is 17.0 Å². The third kappa shape index (κ3) is 4.15. The summed E-state index contributed by atoms with van der Waals surface area (Å²) < 4.78 is 5.37. The Labute approximate surface area is 99.8 Å². The standard InChI is InChI=1S/C14H26O2/c1-6-7-8-11-9-14(11,5)10-12(15)16-13(2,3)4/h11H,6-10H2,1-5H3. The van der Waals surface area contributed by atoms with Crippen molar-refractivity contribution in [2.45, 2.75) is 72.3 Å². The summed E-state index contributed by atoms with van der Waals surface area (Å²) in [5.41, 5.74) is -0.112. The molecule has 2 heteroatoms. The first kappa shape index (κ1) is 13.5. The van der Waals surface area contributed by atoms with Crippen molar-refractivity contribution < 1.29 is 9.53 Å². The summed E-state index contributed by atoms with van der Waals surface area (Å²) >= 11 is 0. The second-order valence-corrected chi connectivity index (χ2v) is 6.46. The number of carbonyl (C=O) groups excluding carboxylic acids is 1. The van der Waals surface area contributed by atoms with E-state index >= 15 is 0 Å². The first-order chi connectivity index (χ1) is 7.27. The zero-order chi connectivity index (χ0) is 12.4. The van der Waals surface area contributed by atoms with E-state index in [4.69, 9.17) is 4.74 Å². The monoisotopic (exact) mass is 226 g/mol. The van der Waals surface area contributed by atoms with Crippen LogP contribution in [-0.2, 0) is 9.53 Å². The molecule has 2 nitrogen and oxygen atoms in total. The molecule has 1 fully saturated rings. The Morgan fingerprint density at radius 1 is 1.44 bits per heavy atom. The lowest BCUT2D eigenvalue weighted by Gasteiger charge is -2.21. The minimum atomic E-state index is -0.346. The van der Waals surface area contributed by atoms with Crippen molar-refractivity contribution in [3.8, 4) is 0 Å². The van der Waals surface area contributed by atoms with Crippen molar-refractivity contribution in [2.75, 3.05) is 0 Å². The summed E-state index contributed by atoms with van der Waals surface area (Å²) in [6.07, 6.45) is 5.61. The van der Waals surface area contributed by atoms with E-state index in [0.29, 0.717) is 6.42 Å². The van der Waals surface area contributed by atoms with Crippen LogP contribution in [0.4, 0.5) is 0 Å². The summed E-state index contributed by atoms with van der Waals surface area (Å²) in [6.45, 7) is 10.2. The molecule has 0 amide bonds. The summed E-state index contributed by atoms with van der Waals surface area (Å²) in [6, 6.07) is 0. The molecule has 1 aliphatic carbocycles. The van der Waals surface area contributed by atoms with E-state index in [1.54, 1.807) is 0 Å². The van der Waals surface area contributed by atoms with Gasteiger partial charge in [0.05, 0.1) is 6.42 Å². The van der Waals surface area contributed by atoms with Gasteiger partial charge in [-0.05, 0) is 44.9 Å². The van der Waals surface area contributed by atoms with Crippen LogP contribution in [0.15, 0.2) is 0 Å². The fourth-order valence-corrected chi connectivity index (χ4v) is 2.33. The smallest absolute Gasteiger partial charge is 0.306 e. The molecule has 0 bridgehead atoms. The summed E-state index contributed by atoms with van der Waals surface area (Å²) in [7, 11) is 0. The van der Waals surface area contributed by atoms with Gasteiger partial charge in [-0.1, -0.05) is 26.7 Å². The van der Waals surface area contributed by atoms with Gasteiger partial charge in [0.15, 0.2) is 0 Å². The van der Waals surface area contributed by atoms with Crippen LogP contribution in [0.3, 0.4) is 0 Å². The Balaban J connectivity index is 2.30. The number of esters is 1. The van der Waals surface area contributed by atoms with Gasteiger partial charge in [0.1, 0.15) is 5.60 Å². The maximum atomic E-state index is 11.7. The van der Waals surface area contributed by atoms with Gasteiger partial charge in [-0.15, -0.1) is 0 Å². The van der Waals surface area contributed by atoms with Crippen LogP contribution in [0.25, 0.3) is 0 Å². The normalized spacial score (nSPS) is 28.9. The van der Waals surface area contributed by atoms with Gasteiger partial charge in [0, 0.05) is 0 Å². The number of hydrogen-bond acceptors (Lipinski definition) is 2. The lowest BCUT2D eigenvalue weighted by molar-refractivity contribution is -0.156. The van der Waals surface area contributed by atoms with Crippen molar-refractivity contribution in [1.82, 2.24) is 0 Å². The molecular formula is C14H26O2. The fourth-order valence-electron chi connectivity index (χ4n) is 2.33. The highest BCUT2D eigenvalue weighted by molar-refractivity contribution is 5.71. The van der Waals surface area contributed by atoms with Crippen LogP contribution >= 0.6 is 0 Å². The zero-order valence-electron chi connectivity index (χ0n) is 11.4. The van der Waals surface area contributed by atoms with Crippen LogP contribution in [-0.4, -0.2) is 11.6 Å². The quantitative estimate of drug-likeness (QED) is 0.664. The van der Waals surface area contributed by atoms with Crippen LogP contribution in [0, 0.1) is 11.3 Å². The molecule has 0 aliphatic heterocycles. The van der Waals surface area contributed by atoms with Crippen molar-refractivity contribution in [3.05, 3.63) is 0 Å². The Hall–Kier alpha value is -0.530. The minimum absolute atomic E-state index is 0.0333. The molecule has 0 spiro atoms. The highest BCUT2D eigenvalue weighted by Gasteiger charge is 2.50. The van der Waals surface area contributed by atoms with E-state index in [1.807, 2.05) is 20.8 Å². The molecule has 0 aromatic carbocycles. The van der Waals surface area contributed by atoms with E-state index in [0.717, 1.165) is 5.92 Å². The average molecular weight is 226 g/mol. The van der Waals surface area contributed by atoms with Crippen LogP contribution < -0.4 is 0 Å². The molecule has 16 heavy (non-hydrogen) atoms. The van der Waals surface area contributed by atoms with E-state index in [1.165, 1.54) is 25.7 Å². The van der Waals surface area contributed by atoms with Gasteiger partial charge in [0.2, 0.25) is 0 Å². The minimum Gasteiger partial charge on any atom is -0.460 e. The van der Waals surface area contributed by atoms with Crippen molar-refractivity contribution in [1.29, 1.82) is 0 Å². The molecule has 0 N–H and O–H groups in total. The number of ether oxygens (including phenoxy) is 1. The van der Waals surface area contributed by atoms with Gasteiger partial charge in [-0.25, -0.2) is 0 Å². The molecule has 94 valence electrons. The predicted molar refractivity (Wildman–Crippen MR) is 66.2 cm³/mol. The molecular weight excluding hydrogens is 200 g/mol. The Bertz CT molecular complexity index is 252. The Morgan fingerprint density at radius 3 is 2.56 bits per heavy atom. The van der Waals surface area contributed by atoms with Crippen LogP contribution in [0.2, 0.25) is 0 Å². The molecule has 1 saturated carbocycles. The van der Waals surface area contributed by atoms with E-state index < -0.39 is 0 Å². The summed E-state index contributed by atoms with van der Waals surface area (Å²) in [5, 5.41) is 0. The molecule has 2 unspecified atom stereocenters. The second-order valence-electron chi connectivity index (χ2n) is 6.46. The summed E-state index contributed by atoms with van der Waals surface area (Å²) in [4.78, 5) is 11.7. The van der Waals surface area contributed by atoms with Gasteiger partial charge in [-0.2, -0.15) is 0 Å². The number of unbranched alkanes of at least 4 members (excludes halogenated alkanes) is 1. The number of hydrogen-bond donors (Lipinski definition) is 0. The molecule has 0 heterocycles. The average Bonchev–Trinajstić information content (AvgIpc) is 2.69. The van der Waals surface area contributed by atoms with Crippen LogP contribution in [0.1, 0.15) is 66.7 Å². The van der Waals surface area contributed by atoms with E-state index in [2.05, 4.69) is 13.8 Å². The number of carbonyl (C=O) groups is 1. The highest BCUT2D eigenvalue weighted by atomic mass is 16.6. The lowest BCUT2D eigenvalue weighted by atomic mass is 9.99. The maximum absolute atomic E-state index is 11.7. The maximum Gasteiger partial charge on any atom is 0.306 e. The molecule has 0 aromatic rings. The third-order valence-electron chi connectivity index (χ3n) is 3.41. The van der Waals surface area contributed by atoms with Crippen LogP contribution in [0.5, 0.6) is 0 Å². The SMILES string of the molecule is CCCCC1CC1(C)CC(=O)OC(C)(C)C. The fraction of sp³-hybridized carbons (Fsp3) is 0.929. The Kier molecular flexibility index (Phi) is 4.03. The Morgan fingerprint density at radius 2 is 2.06 bits per heavy atom. The zero-order valence-corrected chi connectivity index (χ0v) is 11.4. The van der Waals surface area contributed by atoms with E-state index in [9.17, 15) is 4.79 Å². The van der Waals surface area contributed by atoms with Crippen molar-refractivity contribution in [3.63, 3.8) is 0 Å². The van der Waals surface area contributed by atoms with Gasteiger partial charge < -0.3 is 4.74 Å². The van der Waals surface area contributed by atoms with Crippen molar-refractivity contribution in [2.24, 2.45) is 11.3 Å². The molecule has 0 radical (unpaired) electrons. The van der Waals surface area contributed by atoms with Crippen molar-refractivity contribution >= 4 is 5.97 Å². The van der Waals surface area contributed by atoms with Gasteiger partial charge in [-0.3, -0.25) is 4.79 Å². The van der Waals surface area contributed by atoms with Gasteiger partial charge >= 0.3 is 5.97 Å². The molecule has 2 atom stereocenters. The molecule has 0 aromatic heterocycles. The largest absolute Gasteiger partial charge is 0.460 e. The first-order valence-electron chi connectivity index (χ1n) is 6.49. The topological polar surface area (TPSA) is 26.3 Å².